The lowest BCUT2D eigenvalue weighted by atomic mass is 10.2. The van der Waals surface area contributed by atoms with Crippen LogP contribution >= 0.6 is 11.6 Å². The van der Waals surface area contributed by atoms with Gasteiger partial charge in [0.2, 0.25) is 5.91 Å². The van der Waals surface area contributed by atoms with E-state index in [4.69, 9.17) is 11.6 Å². The molecule has 1 fully saturated rings. The highest BCUT2D eigenvalue weighted by atomic mass is 35.5. The first-order valence-corrected chi connectivity index (χ1v) is 6.49. The molecule has 1 aliphatic rings. The Bertz CT molecular complexity index is 442. The summed E-state index contributed by atoms with van der Waals surface area (Å²) in [5.74, 6) is 0.0679. The number of piperazine rings is 1. The topological polar surface area (TPSA) is 32.3 Å². The summed E-state index contributed by atoms with van der Waals surface area (Å²) >= 11 is 5.81. The van der Waals surface area contributed by atoms with Crippen LogP contribution in [0.15, 0.2) is 30.3 Å². The second-order valence-electron chi connectivity index (χ2n) is 4.52. The highest BCUT2D eigenvalue weighted by Gasteiger charge is 2.18. The quantitative estimate of drug-likeness (QED) is 0.831. The van der Waals surface area contributed by atoms with Gasteiger partial charge in [-0.05, 0) is 30.7 Å². The smallest absolute Gasteiger partial charge is 0.246 e. The van der Waals surface area contributed by atoms with Gasteiger partial charge in [-0.15, -0.1) is 0 Å². The first-order valence-electron chi connectivity index (χ1n) is 6.11. The maximum atomic E-state index is 12.0. The monoisotopic (exact) mass is 264 g/mol. The van der Waals surface area contributed by atoms with Gasteiger partial charge in [-0.1, -0.05) is 23.7 Å². The first-order chi connectivity index (χ1) is 8.65. The van der Waals surface area contributed by atoms with Crippen molar-refractivity contribution in [1.82, 2.24) is 10.2 Å². The fourth-order valence-corrected chi connectivity index (χ4v) is 2.11. The van der Waals surface area contributed by atoms with Crippen LogP contribution in [0.2, 0.25) is 5.02 Å². The van der Waals surface area contributed by atoms with E-state index >= 15 is 0 Å². The zero-order chi connectivity index (χ0) is 13.0. The number of rotatable bonds is 2. The largest absolute Gasteiger partial charge is 0.336 e. The minimum absolute atomic E-state index is 0.0679. The van der Waals surface area contributed by atoms with Gasteiger partial charge in [0.15, 0.2) is 0 Å². The summed E-state index contributed by atoms with van der Waals surface area (Å²) in [5.41, 5.74) is 0.982. The van der Waals surface area contributed by atoms with Gasteiger partial charge in [-0.2, -0.15) is 0 Å². The molecule has 1 aromatic carbocycles. The summed E-state index contributed by atoms with van der Waals surface area (Å²) in [4.78, 5) is 13.8. The predicted octanol–water partition coefficient (Wildman–Crippen LogP) is 2.17. The average molecular weight is 265 g/mol. The van der Waals surface area contributed by atoms with Crippen molar-refractivity contribution in [3.63, 3.8) is 0 Å². The highest BCUT2D eigenvalue weighted by molar-refractivity contribution is 6.30. The summed E-state index contributed by atoms with van der Waals surface area (Å²) in [7, 11) is 0. The number of hydrogen-bond acceptors (Lipinski definition) is 2. The molecular formula is C14H17ClN2O. The van der Waals surface area contributed by atoms with Crippen molar-refractivity contribution in [2.24, 2.45) is 0 Å². The van der Waals surface area contributed by atoms with E-state index in [0.717, 1.165) is 25.2 Å². The summed E-state index contributed by atoms with van der Waals surface area (Å²) in [6, 6.07) is 7.79. The van der Waals surface area contributed by atoms with Gasteiger partial charge in [-0.3, -0.25) is 4.79 Å². The lowest BCUT2D eigenvalue weighted by molar-refractivity contribution is -0.127. The molecule has 0 radical (unpaired) electrons. The van der Waals surface area contributed by atoms with Crippen LogP contribution in [0.1, 0.15) is 12.5 Å². The van der Waals surface area contributed by atoms with Gasteiger partial charge in [-0.25, -0.2) is 0 Å². The zero-order valence-corrected chi connectivity index (χ0v) is 11.2. The molecule has 0 spiro atoms. The van der Waals surface area contributed by atoms with Crippen LogP contribution in [0, 0.1) is 0 Å². The van der Waals surface area contributed by atoms with Gasteiger partial charge in [0, 0.05) is 36.8 Å². The minimum atomic E-state index is 0.0679. The van der Waals surface area contributed by atoms with Crippen LogP contribution in [0.3, 0.4) is 0 Å². The number of halogens is 1. The molecule has 1 heterocycles. The van der Waals surface area contributed by atoms with Crippen molar-refractivity contribution in [2.45, 2.75) is 13.0 Å². The van der Waals surface area contributed by atoms with E-state index in [2.05, 4.69) is 12.2 Å². The van der Waals surface area contributed by atoms with Crippen molar-refractivity contribution < 1.29 is 4.79 Å². The van der Waals surface area contributed by atoms with E-state index < -0.39 is 0 Å². The molecule has 4 heteroatoms. The molecule has 96 valence electrons. The van der Waals surface area contributed by atoms with Crippen molar-refractivity contribution >= 4 is 23.6 Å². The molecule has 1 saturated heterocycles. The summed E-state index contributed by atoms with van der Waals surface area (Å²) < 4.78 is 0. The van der Waals surface area contributed by atoms with Crippen LogP contribution in [-0.2, 0) is 4.79 Å². The Morgan fingerprint density at radius 2 is 2.17 bits per heavy atom. The second-order valence-corrected chi connectivity index (χ2v) is 4.96. The van der Waals surface area contributed by atoms with Crippen molar-refractivity contribution in [3.05, 3.63) is 40.9 Å². The summed E-state index contributed by atoms with van der Waals surface area (Å²) in [6.07, 6.45) is 3.45. The molecule has 1 aliphatic heterocycles. The normalized spacial score (nSPS) is 20.3. The Kier molecular flexibility index (Phi) is 4.39. The van der Waals surface area contributed by atoms with Gasteiger partial charge >= 0.3 is 0 Å². The molecule has 1 N–H and O–H groups in total. The van der Waals surface area contributed by atoms with Gasteiger partial charge in [0.1, 0.15) is 0 Å². The van der Waals surface area contributed by atoms with Gasteiger partial charge in [0.05, 0.1) is 0 Å². The molecule has 1 amide bonds. The Balaban J connectivity index is 1.96. The molecule has 0 aliphatic carbocycles. The number of carbonyl (C=O) groups is 1. The van der Waals surface area contributed by atoms with Crippen molar-refractivity contribution in [1.29, 1.82) is 0 Å². The highest BCUT2D eigenvalue weighted by Crippen LogP contribution is 2.11. The van der Waals surface area contributed by atoms with Crippen LogP contribution < -0.4 is 5.32 Å². The number of hydrogen-bond donors (Lipinski definition) is 1. The number of benzene rings is 1. The van der Waals surface area contributed by atoms with Gasteiger partial charge < -0.3 is 10.2 Å². The van der Waals surface area contributed by atoms with E-state index in [9.17, 15) is 4.79 Å². The van der Waals surface area contributed by atoms with E-state index in [1.807, 2.05) is 35.2 Å². The second kappa shape index (κ2) is 6.03. The maximum Gasteiger partial charge on any atom is 0.246 e. The van der Waals surface area contributed by atoms with Crippen LogP contribution in [0.5, 0.6) is 0 Å². The maximum absolute atomic E-state index is 12.0. The zero-order valence-electron chi connectivity index (χ0n) is 10.4. The van der Waals surface area contributed by atoms with Crippen molar-refractivity contribution in [3.8, 4) is 0 Å². The molecule has 1 aromatic rings. The third kappa shape index (κ3) is 3.59. The Labute approximate surface area is 112 Å². The molecule has 0 aromatic heterocycles. The Hall–Kier alpha value is -1.32. The molecule has 3 nitrogen and oxygen atoms in total. The molecule has 18 heavy (non-hydrogen) atoms. The standard InChI is InChI=1S/C14H17ClN2O/c1-11-10-17(9-8-16-11)14(18)7-4-12-2-5-13(15)6-3-12/h2-7,11,16H,8-10H2,1H3/b7-4+/t11-/m0/s1. The number of amides is 1. The SMILES string of the molecule is C[C@H]1CN(C(=O)/C=C/c2ccc(Cl)cc2)CCN1. The molecule has 1 atom stereocenters. The lowest BCUT2D eigenvalue weighted by Gasteiger charge is -2.31. The van der Waals surface area contributed by atoms with E-state index in [-0.39, 0.29) is 5.91 Å². The predicted molar refractivity (Wildman–Crippen MR) is 74.5 cm³/mol. The molecule has 0 unspecified atom stereocenters. The molecule has 2 rings (SSSR count). The van der Waals surface area contributed by atoms with E-state index in [0.29, 0.717) is 11.1 Å². The third-order valence-corrected chi connectivity index (χ3v) is 3.22. The third-order valence-electron chi connectivity index (χ3n) is 2.97. The average Bonchev–Trinajstić information content (AvgIpc) is 2.38. The fraction of sp³-hybridized carbons (Fsp3) is 0.357. The fourth-order valence-electron chi connectivity index (χ4n) is 1.98. The van der Waals surface area contributed by atoms with E-state index in [1.54, 1.807) is 6.08 Å². The molecular weight excluding hydrogens is 248 g/mol. The summed E-state index contributed by atoms with van der Waals surface area (Å²) in [6.45, 7) is 4.49. The van der Waals surface area contributed by atoms with E-state index in [1.165, 1.54) is 0 Å². The molecule has 0 saturated carbocycles. The number of nitrogens with zero attached hydrogens (tertiary/aromatic N) is 1. The Morgan fingerprint density at radius 1 is 1.44 bits per heavy atom. The minimum Gasteiger partial charge on any atom is -0.336 e. The Morgan fingerprint density at radius 3 is 2.83 bits per heavy atom. The number of carbonyl (C=O) groups excluding carboxylic acids is 1. The molecule has 0 bridgehead atoms. The first kappa shape index (κ1) is 13.1. The van der Waals surface area contributed by atoms with Crippen LogP contribution in [-0.4, -0.2) is 36.5 Å². The van der Waals surface area contributed by atoms with Crippen LogP contribution in [0.25, 0.3) is 6.08 Å². The summed E-state index contributed by atoms with van der Waals surface area (Å²) in [5, 5.41) is 4.02. The van der Waals surface area contributed by atoms with Crippen molar-refractivity contribution in [2.75, 3.05) is 19.6 Å². The van der Waals surface area contributed by atoms with Crippen LogP contribution in [0.4, 0.5) is 0 Å². The lowest BCUT2D eigenvalue weighted by Crippen LogP contribution is -2.50. The van der Waals surface area contributed by atoms with Gasteiger partial charge in [0.25, 0.3) is 0 Å². The number of nitrogens with one attached hydrogen (secondary N) is 1.